The highest BCUT2D eigenvalue weighted by Crippen LogP contribution is 2.39. The van der Waals surface area contributed by atoms with Crippen LogP contribution in [0.5, 0.6) is 0 Å². The first-order valence-corrected chi connectivity index (χ1v) is 16.4. The van der Waals surface area contributed by atoms with E-state index in [1.165, 1.54) is 45.5 Å². The SMILES string of the molecule is O=C(Nc1sc2c(c1C(=O)N1CCOCC1)CCN(Cc1ccccc1)C2)c1ccc(S(=O)(=O)N2CCCC2)cc1. The van der Waals surface area contributed by atoms with E-state index in [-0.39, 0.29) is 16.7 Å². The minimum atomic E-state index is -3.56. The fourth-order valence-corrected chi connectivity index (χ4v) is 8.50. The van der Waals surface area contributed by atoms with E-state index in [1.54, 1.807) is 4.90 Å². The lowest BCUT2D eigenvalue weighted by Gasteiger charge is -2.29. The zero-order valence-electron chi connectivity index (χ0n) is 22.9. The Hall–Kier alpha value is -3.09. The third-order valence-electron chi connectivity index (χ3n) is 7.94. The van der Waals surface area contributed by atoms with Crippen molar-refractivity contribution in [2.75, 3.05) is 51.3 Å². The van der Waals surface area contributed by atoms with E-state index >= 15 is 0 Å². The Bertz CT molecular complexity index is 1510. The Kier molecular flexibility index (Phi) is 8.23. The standard InChI is InChI=1S/C30H34N4O5S2/c35-28(23-8-10-24(11-9-23)41(37,38)34-13-4-5-14-34)31-29-27(30(36)33-16-18-39-19-17-33)25-12-15-32(21-26(25)40-29)20-22-6-2-1-3-7-22/h1-3,6-11H,4-5,12-21H2,(H,31,35). The van der Waals surface area contributed by atoms with E-state index in [0.29, 0.717) is 62.1 Å². The van der Waals surface area contributed by atoms with Crippen molar-refractivity contribution in [1.82, 2.24) is 14.1 Å². The second kappa shape index (κ2) is 12.0. The van der Waals surface area contributed by atoms with E-state index in [0.717, 1.165) is 42.8 Å². The van der Waals surface area contributed by atoms with Crippen LogP contribution in [0.3, 0.4) is 0 Å². The van der Waals surface area contributed by atoms with Crippen LogP contribution < -0.4 is 5.32 Å². The van der Waals surface area contributed by atoms with Crippen molar-refractivity contribution in [3.63, 3.8) is 0 Å². The van der Waals surface area contributed by atoms with Gasteiger partial charge in [-0.15, -0.1) is 11.3 Å². The summed E-state index contributed by atoms with van der Waals surface area (Å²) < 4.78 is 32.8. The largest absolute Gasteiger partial charge is 0.378 e. The van der Waals surface area contributed by atoms with E-state index in [9.17, 15) is 18.0 Å². The van der Waals surface area contributed by atoms with Gasteiger partial charge in [-0.25, -0.2) is 8.42 Å². The summed E-state index contributed by atoms with van der Waals surface area (Å²) in [5.41, 5.74) is 3.17. The van der Waals surface area contributed by atoms with Crippen molar-refractivity contribution >= 4 is 38.2 Å². The number of morpholine rings is 1. The average Bonchev–Trinajstić information content (AvgIpc) is 3.67. The van der Waals surface area contributed by atoms with E-state index < -0.39 is 10.0 Å². The van der Waals surface area contributed by atoms with E-state index in [2.05, 4.69) is 22.3 Å². The second-order valence-corrected chi connectivity index (χ2v) is 13.7. The molecule has 0 bridgehead atoms. The van der Waals surface area contributed by atoms with Crippen LogP contribution in [0, 0.1) is 0 Å². The summed E-state index contributed by atoms with van der Waals surface area (Å²) in [5, 5.41) is 3.55. The van der Waals surface area contributed by atoms with Crippen LogP contribution in [0.2, 0.25) is 0 Å². The fraction of sp³-hybridized carbons (Fsp3) is 0.400. The maximum absolute atomic E-state index is 13.8. The normalized spacial score (nSPS) is 18.3. The van der Waals surface area contributed by atoms with Crippen molar-refractivity contribution in [1.29, 1.82) is 0 Å². The summed E-state index contributed by atoms with van der Waals surface area (Å²) in [5.74, 6) is -0.449. The van der Waals surface area contributed by atoms with Crippen molar-refractivity contribution in [3.8, 4) is 0 Å². The molecule has 6 rings (SSSR count). The molecule has 3 aromatic rings. The third-order valence-corrected chi connectivity index (χ3v) is 11.0. The summed E-state index contributed by atoms with van der Waals surface area (Å²) in [6.45, 7) is 5.42. The molecule has 0 unspecified atom stereocenters. The summed E-state index contributed by atoms with van der Waals surface area (Å²) >= 11 is 1.46. The summed E-state index contributed by atoms with van der Waals surface area (Å²) in [4.78, 5) is 32.6. The molecule has 0 saturated carbocycles. The Morgan fingerprint density at radius 3 is 2.32 bits per heavy atom. The smallest absolute Gasteiger partial charge is 0.257 e. The summed E-state index contributed by atoms with van der Waals surface area (Å²) in [6, 6.07) is 16.4. The maximum Gasteiger partial charge on any atom is 0.257 e. The molecular formula is C30H34N4O5S2. The Balaban J connectivity index is 1.24. The van der Waals surface area contributed by atoms with Crippen LogP contribution in [0.15, 0.2) is 59.5 Å². The summed E-state index contributed by atoms with van der Waals surface area (Å²) in [6.07, 6.45) is 2.45. The number of hydrogen-bond acceptors (Lipinski definition) is 7. The first-order valence-electron chi connectivity index (χ1n) is 14.1. The molecule has 1 N–H and O–H groups in total. The molecule has 2 saturated heterocycles. The van der Waals surface area contributed by atoms with Crippen LogP contribution in [0.4, 0.5) is 5.00 Å². The second-order valence-electron chi connectivity index (χ2n) is 10.6. The lowest BCUT2D eigenvalue weighted by molar-refractivity contribution is 0.0302. The number of fused-ring (bicyclic) bond motifs is 1. The number of rotatable bonds is 7. The molecule has 216 valence electrons. The van der Waals surface area contributed by atoms with Crippen LogP contribution in [-0.4, -0.2) is 80.3 Å². The topological polar surface area (TPSA) is 99.3 Å². The van der Waals surface area contributed by atoms with Crippen molar-refractivity contribution in [2.45, 2.75) is 37.2 Å². The van der Waals surface area contributed by atoms with Crippen LogP contribution in [0.1, 0.15) is 49.6 Å². The number of thiophene rings is 1. The minimum absolute atomic E-state index is 0.0790. The molecule has 2 aromatic carbocycles. The predicted octanol–water partition coefficient (Wildman–Crippen LogP) is 3.82. The molecule has 0 radical (unpaired) electrons. The van der Waals surface area contributed by atoms with Crippen LogP contribution in [-0.2, 0) is 34.3 Å². The molecular weight excluding hydrogens is 560 g/mol. The number of hydrogen-bond donors (Lipinski definition) is 1. The Labute approximate surface area is 244 Å². The fourth-order valence-electron chi connectivity index (χ4n) is 5.70. The molecule has 4 heterocycles. The molecule has 41 heavy (non-hydrogen) atoms. The zero-order valence-corrected chi connectivity index (χ0v) is 24.5. The number of ether oxygens (including phenoxy) is 1. The van der Waals surface area contributed by atoms with Gasteiger partial charge in [0.15, 0.2) is 0 Å². The number of carbonyl (C=O) groups is 2. The highest BCUT2D eigenvalue weighted by molar-refractivity contribution is 7.89. The van der Waals surface area contributed by atoms with Gasteiger partial charge in [0.05, 0.1) is 23.7 Å². The van der Waals surface area contributed by atoms with Gasteiger partial charge in [-0.1, -0.05) is 30.3 Å². The van der Waals surface area contributed by atoms with E-state index in [1.807, 2.05) is 18.2 Å². The van der Waals surface area contributed by atoms with Gasteiger partial charge in [0.1, 0.15) is 5.00 Å². The number of amides is 2. The Morgan fingerprint density at radius 1 is 0.902 bits per heavy atom. The van der Waals surface area contributed by atoms with Gasteiger partial charge in [0.2, 0.25) is 10.0 Å². The highest BCUT2D eigenvalue weighted by atomic mass is 32.2. The average molecular weight is 595 g/mol. The van der Waals surface area contributed by atoms with Gasteiger partial charge in [0, 0.05) is 56.3 Å². The maximum atomic E-state index is 13.8. The first-order chi connectivity index (χ1) is 19.9. The van der Waals surface area contributed by atoms with Gasteiger partial charge in [-0.3, -0.25) is 14.5 Å². The molecule has 2 amide bonds. The van der Waals surface area contributed by atoms with Gasteiger partial charge in [0.25, 0.3) is 11.8 Å². The van der Waals surface area contributed by atoms with Gasteiger partial charge < -0.3 is 15.0 Å². The molecule has 9 nitrogen and oxygen atoms in total. The van der Waals surface area contributed by atoms with Crippen LogP contribution >= 0.6 is 11.3 Å². The molecule has 11 heteroatoms. The van der Waals surface area contributed by atoms with Crippen LogP contribution in [0.25, 0.3) is 0 Å². The molecule has 0 spiro atoms. The third kappa shape index (κ3) is 5.96. The predicted molar refractivity (Wildman–Crippen MR) is 158 cm³/mol. The summed E-state index contributed by atoms with van der Waals surface area (Å²) in [7, 11) is -3.56. The molecule has 1 aromatic heterocycles. The molecule has 0 aliphatic carbocycles. The van der Waals surface area contributed by atoms with Gasteiger partial charge in [-0.2, -0.15) is 4.31 Å². The van der Waals surface area contributed by atoms with Gasteiger partial charge >= 0.3 is 0 Å². The number of benzene rings is 2. The first kappa shape index (κ1) is 28.0. The van der Waals surface area contributed by atoms with Gasteiger partial charge in [-0.05, 0) is 54.7 Å². The van der Waals surface area contributed by atoms with Crippen molar-refractivity contribution in [3.05, 3.63) is 81.7 Å². The number of nitrogens with zero attached hydrogens (tertiary/aromatic N) is 3. The lowest BCUT2D eigenvalue weighted by Crippen LogP contribution is -2.41. The highest BCUT2D eigenvalue weighted by Gasteiger charge is 2.32. The Morgan fingerprint density at radius 2 is 1.61 bits per heavy atom. The van der Waals surface area contributed by atoms with E-state index in [4.69, 9.17) is 4.74 Å². The number of nitrogens with one attached hydrogen (secondary N) is 1. The monoisotopic (exact) mass is 594 g/mol. The minimum Gasteiger partial charge on any atom is -0.378 e. The number of anilines is 1. The van der Waals surface area contributed by atoms with Crippen molar-refractivity contribution in [2.24, 2.45) is 0 Å². The zero-order chi connectivity index (χ0) is 28.4. The lowest BCUT2D eigenvalue weighted by atomic mass is 10.0. The molecule has 2 fully saturated rings. The molecule has 3 aliphatic rings. The number of carbonyl (C=O) groups excluding carboxylic acids is 2. The molecule has 3 aliphatic heterocycles. The number of sulfonamides is 1. The molecule has 0 atom stereocenters. The van der Waals surface area contributed by atoms with Crippen molar-refractivity contribution < 1.29 is 22.7 Å². The quantitative estimate of drug-likeness (QED) is 0.447.